The van der Waals surface area contributed by atoms with Crippen molar-refractivity contribution in [3.05, 3.63) is 61.5 Å². The van der Waals surface area contributed by atoms with E-state index < -0.39 is 0 Å². The molecule has 0 aliphatic rings. The molecular weight excluding hydrogens is 647 g/mol. The van der Waals surface area contributed by atoms with Crippen LogP contribution in [0.25, 0.3) is 16.5 Å². The Balaban J connectivity index is -0.0000000695. The molecule has 0 saturated carbocycles. The fraction of sp³-hybridized carbons (Fsp3) is 0.267. The van der Waals surface area contributed by atoms with E-state index in [-0.39, 0.29) is 68.3 Å². The molecule has 2 aromatic rings. The van der Waals surface area contributed by atoms with Crippen LogP contribution < -0.4 is 0 Å². The maximum atomic E-state index is 6.94. The summed E-state index contributed by atoms with van der Waals surface area (Å²) in [5, 5.41) is 2.60. The fourth-order valence-electron chi connectivity index (χ4n) is 1.11. The molecule has 0 amide bonds. The molecule has 122 valence electrons. The second-order valence-electron chi connectivity index (χ2n) is 4.55. The van der Waals surface area contributed by atoms with Gasteiger partial charge in [-0.25, -0.2) is 0 Å². The molecule has 0 heterocycles. The predicted octanol–water partition coefficient (Wildman–Crippen LogP) is 6.91. The van der Waals surface area contributed by atoms with Crippen LogP contribution in [0.3, 0.4) is 0 Å². The van der Waals surface area contributed by atoms with E-state index in [1.807, 2.05) is 20.8 Å². The third-order valence-corrected chi connectivity index (χ3v) is 2.04. The van der Waals surface area contributed by atoms with E-state index in [0.29, 0.717) is 0 Å². The van der Waals surface area contributed by atoms with E-state index in [9.17, 15) is 0 Å². The summed E-state index contributed by atoms with van der Waals surface area (Å²) in [6.07, 6.45) is 0. The summed E-state index contributed by atoms with van der Waals surface area (Å²) in [5.74, 6) is 0. The molecular formula is C15H24BrI2NSiZr-4. The van der Waals surface area contributed by atoms with Gasteiger partial charge in [0.25, 0.3) is 0 Å². The van der Waals surface area contributed by atoms with Gasteiger partial charge in [-0.05, 0) is 0 Å². The molecule has 1 nitrogen and oxygen atoms in total. The zero-order chi connectivity index (χ0) is 13.5. The Hall–Kier alpha value is 1.83. The van der Waals surface area contributed by atoms with Crippen LogP contribution in [0.4, 0.5) is 0 Å². The minimum atomic E-state index is -0.250. The standard InChI is InChI=1S/C9H6Br.C4H10N.2CH3.2HI.Si.Zr/c10-9-5-7-3-1-2-4-8(7)6-9;1-4(2,3)5;;;;;;/h1-6H;5H,1-3H3;2*1H3;2*1H;;/q4*-1;;;;. The van der Waals surface area contributed by atoms with Gasteiger partial charge in [0.15, 0.2) is 0 Å². The summed E-state index contributed by atoms with van der Waals surface area (Å²) in [6, 6.07) is 12.6. The molecule has 2 aromatic carbocycles. The van der Waals surface area contributed by atoms with Gasteiger partial charge in [-0.2, -0.15) is 6.07 Å². The van der Waals surface area contributed by atoms with Crippen LogP contribution in [-0.4, -0.2) is 12.4 Å². The van der Waals surface area contributed by atoms with Crippen LogP contribution in [0.2, 0.25) is 0 Å². The van der Waals surface area contributed by atoms with Crippen LogP contribution in [0.1, 0.15) is 20.8 Å². The first-order valence-corrected chi connectivity index (χ1v) is 10.2. The topological polar surface area (TPSA) is 23.8 Å². The summed E-state index contributed by atoms with van der Waals surface area (Å²) in [5.41, 5.74) is 6.69. The second-order valence-corrected chi connectivity index (χ2v) is 5.47. The average molecular weight is 671 g/mol. The van der Waals surface area contributed by atoms with Crippen molar-refractivity contribution in [1.29, 1.82) is 0 Å². The van der Waals surface area contributed by atoms with Crippen molar-refractivity contribution in [2.24, 2.45) is 0 Å². The Bertz CT molecular complexity index is 419. The SMILES string of the molecule is Brc1cc2ccccc2[cH-]1.CC(C)(C)[NH-].I.I.[CH3-].[CH3-].[Si]=[Zr]. The average Bonchev–Trinajstić information content (AvgIpc) is 2.58. The maximum absolute atomic E-state index is 6.94. The Morgan fingerprint density at radius 3 is 1.86 bits per heavy atom. The summed E-state index contributed by atoms with van der Waals surface area (Å²) in [4.78, 5) is 0. The van der Waals surface area contributed by atoms with Crippen LogP contribution >= 0.6 is 63.9 Å². The summed E-state index contributed by atoms with van der Waals surface area (Å²) >= 11 is 4.78. The molecule has 0 aromatic heterocycles. The molecule has 6 heteroatoms. The molecule has 0 bridgehead atoms. The normalized spacial score (nSPS) is 8.00. The van der Waals surface area contributed by atoms with Crippen molar-refractivity contribution in [2.75, 3.05) is 0 Å². The number of benzene rings is 1. The molecule has 0 unspecified atom stereocenters. The van der Waals surface area contributed by atoms with Gasteiger partial charge in [-0.3, -0.25) is 0 Å². The number of rotatable bonds is 0. The van der Waals surface area contributed by atoms with Gasteiger partial charge in [0, 0.05) is 0 Å². The zero-order valence-electron chi connectivity index (χ0n) is 13.2. The Morgan fingerprint density at radius 1 is 1.10 bits per heavy atom. The van der Waals surface area contributed by atoms with Crippen molar-refractivity contribution in [2.45, 2.75) is 26.3 Å². The molecule has 0 fully saturated rings. The van der Waals surface area contributed by atoms with Crippen molar-refractivity contribution in [1.82, 2.24) is 0 Å². The monoisotopic (exact) mass is 669 g/mol. The van der Waals surface area contributed by atoms with E-state index in [0.717, 1.165) is 4.47 Å². The third-order valence-electron chi connectivity index (χ3n) is 1.58. The Labute approximate surface area is 190 Å². The molecule has 0 aliphatic carbocycles. The van der Waals surface area contributed by atoms with Crippen LogP contribution in [0.15, 0.2) is 40.9 Å². The quantitative estimate of drug-likeness (QED) is 0.165. The summed E-state index contributed by atoms with van der Waals surface area (Å²) in [6.45, 7) is 8.62. The van der Waals surface area contributed by atoms with Crippen molar-refractivity contribution >= 4 is 81.5 Å². The molecule has 0 saturated heterocycles. The first-order chi connectivity index (χ1) is 7.86. The number of nitrogens with one attached hydrogen (secondary N) is 1. The summed E-state index contributed by atoms with van der Waals surface area (Å²) < 4.78 is 1.16. The Kier molecular flexibility index (Phi) is 29.6. The zero-order valence-corrected chi connectivity index (χ0v) is 22.9. The molecule has 0 atom stereocenters. The van der Waals surface area contributed by atoms with E-state index in [4.69, 9.17) is 5.73 Å². The molecule has 21 heavy (non-hydrogen) atoms. The molecule has 2 rings (SSSR count). The van der Waals surface area contributed by atoms with E-state index in [1.54, 1.807) is 0 Å². The van der Waals surface area contributed by atoms with Gasteiger partial charge in [0.1, 0.15) is 0 Å². The number of hydrogen-bond donors (Lipinski definition) is 0. The number of fused-ring (bicyclic) bond motifs is 1. The van der Waals surface area contributed by atoms with Gasteiger partial charge in [0.2, 0.25) is 0 Å². The van der Waals surface area contributed by atoms with E-state index in [1.165, 1.54) is 34.1 Å². The first-order valence-electron chi connectivity index (χ1n) is 5.17. The first kappa shape index (κ1) is 34.2. The molecule has 0 aliphatic heterocycles. The molecule has 2 radical (unpaired) electrons. The van der Waals surface area contributed by atoms with Crippen molar-refractivity contribution in [3.63, 3.8) is 0 Å². The molecule has 1 N–H and O–H groups in total. The van der Waals surface area contributed by atoms with Crippen molar-refractivity contribution in [3.8, 4) is 0 Å². The Morgan fingerprint density at radius 2 is 1.48 bits per heavy atom. The van der Waals surface area contributed by atoms with Gasteiger partial charge in [-0.15, -0.1) is 88.5 Å². The fourth-order valence-corrected chi connectivity index (χ4v) is 1.61. The van der Waals surface area contributed by atoms with E-state index in [2.05, 4.69) is 59.2 Å². The van der Waals surface area contributed by atoms with Crippen LogP contribution in [0, 0.1) is 14.9 Å². The van der Waals surface area contributed by atoms with Crippen LogP contribution in [-0.2, 0) is 23.3 Å². The second kappa shape index (κ2) is 18.2. The molecule has 0 spiro atoms. The summed E-state index contributed by atoms with van der Waals surface area (Å²) in [7, 11) is 0. The van der Waals surface area contributed by atoms with Crippen molar-refractivity contribution < 1.29 is 23.3 Å². The number of hydrogen-bond acceptors (Lipinski definition) is 0. The minimum absolute atomic E-state index is 0. The van der Waals surface area contributed by atoms with Gasteiger partial charge >= 0.3 is 30.2 Å². The third kappa shape index (κ3) is 19.8. The van der Waals surface area contributed by atoms with Gasteiger partial charge in [0.05, 0.1) is 0 Å². The number of halogens is 3. The van der Waals surface area contributed by atoms with Crippen LogP contribution in [0.5, 0.6) is 0 Å². The predicted molar refractivity (Wildman–Crippen MR) is 121 cm³/mol. The van der Waals surface area contributed by atoms with Gasteiger partial charge in [-0.1, -0.05) is 47.2 Å². The van der Waals surface area contributed by atoms with E-state index >= 15 is 0 Å². The van der Waals surface area contributed by atoms with Gasteiger partial charge < -0.3 is 20.6 Å².